The molecule has 238 valence electrons. The number of aryl methyl sites for hydroxylation is 1. The van der Waals surface area contributed by atoms with Crippen LogP contribution in [0.2, 0.25) is 0 Å². The van der Waals surface area contributed by atoms with Gasteiger partial charge in [-0.2, -0.15) is 0 Å². The van der Waals surface area contributed by atoms with Crippen LogP contribution in [0.4, 0.5) is 0 Å². The molecular weight excluding hydrogens is 635 g/mol. The molecule has 0 saturated carbocycles. The lowest BCUT2D eigenvalue weighted by molar-refractivity contribution is 0.796. The first-order valence-electron chi connectivity index (χ1n) is 17.6. The summed E-state index contributed by atoms with van der Waals surface area (Å²) in [5.74, 6) is 0. The number of hydrogen-bond acceptors (Lipinski definition) is 2. The van der Waals surface area contributed by atoms with Crippen molar-refractivity contribution in [3.8, 4) is 54.3 Å². The molecule has 1 spiro atoms. The normalized spacial score (nSPS) is 15.2. The number of nitrogens with zero attached hydrogens (tertiary/aromatic N) is 1. The molecule has 2 aliphatic carbocycles. The number of aromatic nitrogens is 1. The van der Waals surface area contributed by atoms with Gasteiger partial charge in [-0.25, -0.2) is 0 Å². The minimum Gasteiger partial charge on any atom is -0.264 e. The van der Waals surface area contributed by atoms with E-state index in [1.54, 1.807) is 0 Å². The fraction of sp³-hybridized carbons (Fsp3) is 0.0408. The fourth-order valence-electron chi connectivity index (χ4n) is 9.24. The predicted molar refractivity (Wildman–Crippen MR) is 214 cm³/mol. The highest BCUT2D eigenvalue weighted by Crippen LogP contribution is 2.66. The Morgan fingerprint density at radius 3 is 1.73 bits per heavy atom. The largest absolute Gasteiger partial charge is 0.264 e. The van der Waals surface area contributed by atoms with Crippen LogP contribution in [-0.2, 0) is 5.41 Å². The van der Waals surface area contributed by atoms with Crippen molar-refractivity contribution in [2.45, 2.75) is 12.3 Å². The highest BCUT2D eigenvalue weighted by Gasteiger charge is 2.53. The number of pyridine rings is 1. The van der Waals surface area contributed by atoms with Crippen molar-refractivity contribution in [2.24, 2.45) is 0 Å². The van der Waals surface area contributed by atoms with Crippen LogP contribution in [-0.4, -0.2) is 4.98 Å². The first-order valence-corrected chi connectivity index (χ1v) is 18.4. The number of fused-ring (bicyclic) bond motifs is 12. The molecular formula is C49H31NS. The molecule has 0 amide bonds. The Morgan fingerprint density at radius 1 is 0.451 bits per heavy atom. The molecule has 2 heterocycles. The van der Waals surface area contributed by atoms with Crippen molar-refractivity contribution in [3.05, 3.63) is 198 Å². The summed E-state index contributed by atoms with van der Waals surface area (Å²) < 4.78 is 0. The molecule has 0 N–H and O–H groups in total. The summed E-state index contributed by atoms with van der Waals surface area (Å²) in [5.41, 5.74) is 16.6. The van der Waals surface area contributed by atoms with Crippen LogP contribution in [0.25, 0.3) is 75.8 Å². The van der Waals surface area contributed by atoms with Crippen LogP contribution in [0.15, 0.2) is 170 Å². The molecule has 0 saturated heterocycles. The Balaban J connectivity index is 1.26. The SMILES string of the molecule is Cc1ccc(-c2c3ccccc3c(-c3cccc4c3-c3ccccc3C43c4ccccc4-c4sc(-c5cccnc5)cc43)c3ccccc23)cc1. The predicted octanol–water partition coefficient (Wildman–Crippen LogP) is 13.1. The molecule has 0 radical (unpaired) electrons. The zero-order valence-corrected chi connectivity index (χ0v) is 28.8. The molecule has 2 aromatic heterocycles. The molecule has 0 aliphatic heterocycles. The van der Waals surface area contributed by atoms with Crippen molar-refractivity contribution in [1.29, 1.82) is 0 Å². The molecule has 9 aromatic rings. The zero-order chi connectivity index (χ0) is 33.7. The first-order chi connectivity index (χ1) is 25.2. The lowest BCUT2D eigenvalue weighted by atomic mass is 9.70. The summed E-state index contributed by atoms with van der Waals surface area (Å²) >= 11 is 1.89. The Labute approximate surface area is 301 Å². The average molecular weight is 666 g/mol. The van der Waals surface area contributed by atoms with Crippen LogP contribution in [0, 0.1) is 6.92 Å². The Bertz CT molecular complexity index is 2800. The molecule has 0 bridgehead atoms. The van der Waals surface area contributed by atoms with Gasteiger partial charge in [-0.05, 0) is 102 Å². The summed E-state index contributed by atoms with van der Waals surface area (Å²) in [6, 6.07) is 59.0. The van der Waals surface area contributed by atoms with Gasteiger partial charge in [0.25, 0.3) is 0 Å². The number of rotatable bonds is 3. The lowest BCUT2D eigenvalue weighted by Crippen LogP contribution is -2.25. The highest BCUT2D eigenvalue weighted by atomic mass is 32.1. The summed E-state index contributed by atoms with van der Waals surface area (Å²) in [7, 11) is 0. The van der Waals surface area contributed by atoms with Gasteiger partial charge < -0.3 is 0 Å². The van der Waals surface area contributed by atoms with Crippen molar-refractivity contribution < 1.29 is 0 Å². The number of thiophene rings is 1. The van der Waals surface area contributed by atoms with Crippen molar-refractivity contribution in [2.75, 3.05) is 0 Å². The summed E-state index contributed by atoms with van der Waals surface area (Å²) in [6.45, 7) is 2.16. The monoisotopic (exact) mass is 665 g/mol. The molecule has 2 heteroatoms. The highest BCUT2D eigenvalue weighted by molar-refractivity contribution is 7.19. The zero-order valence-electron chi connectivity index (χ0n) is 28.0. The standard InChI is InChI=1S/C49H31NS/c1-30-23-25-31(26-24-30)45-33-13-2-4-15-35(33)46(36-16-5-3-14-34(36)45)39-19-10-22-42-47(39)37-17-6-8-20-40(37)49(42)41-21-9-7-18-38(41)48-43(49)28-44(51-48)32-12-11-27-50-29-32/h2-29H,1H3. The van der Waals surface area contributed by atoms with E-state index >= 15 is 0 Å². The molecule has 1 unspecified atom stereocenters. The Hall–Kier alpha value is -6.09. The van der Waals surface area contributed by atoms with Crippen LogP contribution >= 0.6 is 11.3 Å². The molecule has 7 aromatic carbocycles. The van der Waals surface area contributed by atoms with Gasteiger partial charge in [-0.1, -0.05) is 151 Å². The van der Waals surface area contributed by atoms with Gasteiger partial charge in [-0.3, -0.25) is 4.98 Å². The maximum absolute atomic E-state index is 4.48. The molecule has 11 rings (SSSR count). The minimum atomic E-state index is -0.418. The lowest BCUT2D eigenvalue weighted by Gasteiger charge is -2.30. The van der Waals surface area contributed by atoms with Crippen LogP contribution < -0.4 is 0 Å². The van der Waals surface area contributed by atoms with Crippen LogP contribution in [0.1, 0.15) is 27.8 Å². The number of hydrogen-bond donors (Lipinski definition) is 0. The first kappa shape index (κ1) is 28.7. The smallest absolute Gasteiger partial charge is 0.0734 e. The molecule has 2 aliphatic rings. The maximum Gasteiger partial charge on any atom is 0.0734 e. The summed E-state index contributed by atoms with van der Waals surface area (Å²) in [5, 5.41) is 5.11. The summed E-state index contributed by atoms with van der Waals surface area (Å²) in [6.07, 6.45) is 3.85. The van der Waals surface area contributed by atoms with E-state index in [1.807, 2.05) is 29.8 Å². The quantitative estimate of drug-likeness (QED) is 0.171. The van der Waals surface area contributed by atoms with Gasteiger partial charge in [0.2, 0.25) is 0 Å². The van der Waals surface area contributed by atoms with Crippen molar-refractivity contribution in [3.63, 3.8) is 0 Å². The molecule has 0 fully saturated rings. The third-order valence-corrected chi connectivity index (χ3v) is 12.5. The average Bonchev–Trinajstić information content (AvgIpc) is 3.84. The van der Waals surface area contributed by atoms with Crippen LogP contribution in [0.5, 0.6) is 0 Å². The van der Waals surface area contributed by atoms with E-state index in [0.29, 0.717) is 0 Å². The van der Waals surface area contributed by atoms with Gasteiger partial charge in [0.1, 0.15) is 0 Å². The third-order valence-electron chi connectivity index (χ3n) is 11.3. The van der Waals surface area contributed by atoms with Gasteiger partial charge in [-0.15, -0.1) is 11.3 Å². The van der Waals surface area contributed by atoms with E-state index in [9.17, 15) is 0 Å². The van der Waals surface area contributed by atoms with Crippen molar-refractivity contribution >= 4 is 32.9 Å². The van der Waals surface area contributed by atoms with E-state index < -0.39 is 5.41 Å². The maximum atomic E-state index is 4.48. The second-order valence-corrected chi connectivity index (χ2v) is 14.9. The van der Waals surface area contributed by atoms with Crippen LogP contribution in [0.3, 0.4) is 0 Å². The Kier molecular flexibility index (Phi) is 6.03. The fourth-order valence-corrected chi connectivity index (χ4v) is 10.5. The third kappa shape index (κ3) is 3.83. The van der Waals surface area contributed by atoms with E-state index in [4.69, 9.17) is 0 Å². The topological polar surface area (TPSA) is 12.9 Å². The molecule has 1 atom stereocenters. The van der Waals surface area contributed by atoms with E-state index in [0.717, 1.165) is 5.56 Å². The second-order valence-electron chi connectivity index (χ2n) is 13.9. The van der Waals surface area contributed by atoms with E-state index in [2.05, 4.69) is 164 Å². The second kappa shape index (κ2) is 10.7. The van der Waals surface area contributed by atoms with Gasteiger partial charge in [0.15, 0.2) is 0 Å². The van der Waals surface area contributed by atoms with E-state index in [1.165, 1.54) is 98.1 Å². The summed E-state index contributed by atoms with van der Waals surface area (Å²) in [4.78, 5) is 7.09. The minimum absolute atomic E-state index is 0.418. The molecule has 1 nitrogen and oxygen atoms in total. The molecule has 51 heavy (non-hydrogen) atoms. The van der Waals surface area contributed by atoms with Gasteiger partial charge in [0, 0.05) is 27.7 Å². The number of benzene rings is 7. The Morgan fingerprint density at radius 2 is 1.04 bits per heavy atom. The van der Waals surface area contributed by atoms with Gasteiger partial charge >= 0.3 is 0 Å². The van der Waals surface area contributed by atoms with Crippen molar-refractivity contribution in [1.82, 2.24) is 4.98 Å². The van der Waals surface area contributed by atoms with Gasteiger partial charge in [0.05, 0.1) is 5.41 Å². The van der Waals surface area contributed by atoms with E-state index in [-0.39, 0.29) is 0 Å².